The molecule has 8 heteroatoms. The standard InChI is InChI=1S/C12H15ClN4O2S/c1-16-8-11(12(14)15-16)20(18,19)17(2)7-9-3-5-10(13)6-4-9/h3-6,8H,7H2,1-2H3,(H2,14,15). The third-order valence-electron chi connectivity index (χ3n) is 2.83. The predicted octanol–water partition coefficient (Wildman–Crippen LogP) is 1.48. The van der Waals surface area contributed by atoms with Gasteiger partial charge in [-0.1, -0.05) is 23.7 Å². The second-order valence-corrected chi connectivity index (χ2v) is 6.89. The van der Waals surface area contributed by atoms with E-state index in [1.54, 1.807) is 31.3 Å². The van der Waals surface area contributed by atoms with Crippen molar-refractivity contribution in [3.63, 3.8) is 0 Å². The molecule has 0 radical (unpaired) electrons. The van der Waals surface area contributed by atoms with Gasteiger partial charge in [0, 0.05) is 31.9 Å². The molecular weight excluding hydrogens is 300 g/mol. The number of sulfonamides is 1. The number of nitrogens with zero attached hydrogens (tertiary/aromatic N) is 3. The van der Waals surface area contributed by atoms with Crippen LogP contribution in [0.2, 0.25) is 5.02 Å². The Bertz CT molecular complexity index is 710. The Hall–Kier alpha value is -1.57. The second kappa shape index (κ2) is 5.43. The maximum atomic E-state index is 12.4. The normalized spacial score (nSPS) is 12.0. The number of aromatic nitrogens is 2. The van der Waals surface area contributed by atoms with Crippen LogP contribution in [-0.4, -0.2) is 29.6 Å². The van der Waals surface area contributed by atoms with Crippen molar-refractivity contribution in [3.05, 3.63) is 41.0 Å². The summed E-state index contributed by atoms with van der Waals surface area (Å²) in [4.78, 5) is 0.0106. The molecule has 0 aliphatic rings. The lowest BCUT2D eigenvalue weighted by molar-refractivity contribution is 0.467. The minimum Gasteiger partial charge on any atom is -0.381 e. The molecule has 2 aromatic rings. The summed E-state index contributed by atoms with van der Waals surface area (Å²) in [6.07, 6.45) is 1.39. The molecule has 0 atom stereocenters. The highest BCUT2D eigenvalue weighted by molar-refractivity contribution is 7.89. The zero-order valence-electron chi connectivity index (χ0n) is 11.1. The molecule has 0 spiro atoms. The molecule has 0 bridgehead atoms. The molecular formula is C12H15ClN4O2S. The number of hydrogen-bond acceptors (Lipinski definition) is 4. The average molecular weight is 315 g/mol. The summed E-state index contributed by atoms with van der Waals surface area (Å²) >= 11 is 5.80. The summed E-state index contributed by atoms with van der Waals surface area (Å²) in [5, 5.41) is 4.46. The van der Waals surface area contributed by atoms with Gasteiger partial charge in [0.15, 0.2) is 5.82 Å². The van der Waals surface area contributed by atoms with Crippen LogP contribution in [-0.2, 0) is 23.6 Å². The van der Waals surface area contributed by atoms with Crippen molar-refractivity contribution in [1.29, 1.82) is 0 Å². The van der Waals surface area contributed by atoms with Gasteiger partial charge < -0.3 is 5.73 Å². The van der Waals surface area contributed by atoms with Crippen molar-refractivity contribution in [3.8, 4) is 0 Å². The number of aryl methyl sites for hydroxylation is 1. The summed E-state index contributed by atoms with van der Waals surface area (Å²) in [7, 11) is -0.549. The lowest BCUT2D eigenvalue weighted by Crippen LogP contribution is -2.26. The fourth-order valence-corrected chi connectivity index (χ4v) is 3.15. The number of hydrogen-bond donors (Lipinski definition) is 1. The summed E-state index contributed by atoms with van der Waals surface area (Å²) in [6.45, 7) is 0.230. The SMILES string of the molecule is CN(Cc1ccc(Cl)cc1)S(=O)(=O)c1cn(C)nc1N. The van der Waals surface area contributed by atoms with Crippen molar-refractivity contribution in [2.24, 2.45) is 7.05 Å². The van der Waals surface area contributed by atoms with Gasteiger partial charge in [0.05, 0.1) is 0 Å². The zero-order chi connectivity index (χ0) is 14.9. The molecule has 0 aliphatic heterocycles. The maximum absolute atomic E-state index is 12.4. The van der Waals surface area contributed by atoms with Crippen molar-refractivity contribution in [2.45, 2.75) is 11.4 Å². The minimum absolute atomic E-state index is 0.00421. The van der Waals surface area contributed by atoms with Gasteiger partial charge in [0.1, 0.15) is 4.90 Å². The zero-order valence-corrected chi connectivity index (χ0v) is 12.7. The Morgan fingerprint density at radius 3 is 2.45 bits per heavy atom. The van der Waals surface area contributed by atoms with Gasteiger partial charge in [0.25, 0.3) is 0 Å². The third-order valence-corrected chi connectivity index (χ3v) is 4.90. The van der Waals surface area contributed by atoms with E-state index in [0.717, 1.165) is 5.56 Å². The van der Waals surface area contributed by atoms with Crippen LogP contribution in [0.15, 0.2) is 35.4 Å². The fourth-order valence-electron chi connectivity index (χ4n) is 1.78. The van der Waals surface area contributed by atoms with E-state index in [4.69, 9.17) is 17.3 Å². The van der Waals surface area contributed by atoms with Crippen molar-refractivity contribution >= 4 is 27.4 Å². The van der Waals surface area contributed by atoms with Crippen molar-refractivity contribution < 1.29 is 8.42 Å². The predicted molar refractivity (Wildman–Crippen MR) is 77.7 cm³/mol. The van der Waals surface area contributed by atoms with Crippen molar-refractivity contribution in [2.75, 3.05) is 12.8 Å². The Kier molecular flexibility index (Phi) is 4.03. The third kappa shape index (κ3) is 2.95. The highest BCUT2D eigenvalue weighted by Crippen LogP contribution is 2.21. The van der Waals surface area contributed by atoms with E-state index in [0.29, 0.717) is 5.02 Å². The van der Waals surface area contributed by atoms with Crippen LogP contribution in [0, 0.1) is 0 Å². The first kappa shape index (κ1) is 14.8. The molecule has 0 fully saturated rings. The first-order valence-electron chi connectivity index (χ1n) is 5.80. The van der Waals surface area contributed by atoms with Gasteiger partial charge in [-0.2, -0.15) is 9.40 Å². The molecule has 2 N–H and O–H groups in total. The van der Waals surface area contributed by atoms with E-state index >= 15 is 0 Å². The molecule has 1 heterocycles. The molecule has 6 nitrogen and oxygen atoms in total. The van der Waals surface area contributed by atoms with Crippen LogP contribution in [0.5, 0.6) is 0 Å². The molecule has 0 amide bonds. The van der Waals surface area contributed by atoms with Crippen LogP contribution in [0.3, 0.4) is 0 Å². The van der Waals surface area contributed by atoms with Gasteiger partial charge in [-0.15, -0.1) is 0 Å². The molecule has 0 unspecified atom stereocenters. The summed E-state index contributed by atoms with van der Waals surface area (Å²) in [5.41, 5.74) is 6.46. The molecule has 1 aromatic heterocycles. The summed E-state index contributed by atoms with van der Waals surface area (Å²) < 4.78 is 27.4. The van der Waals surface area contributed by atoms with Crippen LogP contribution in [0.25, 0.3) is 0 Å². The van der Waals surface area contributed by atoms with Gasteiger partial charge >= 0.3 is 0 Å². The second-order valence-electron chi connectivity index (χ2n) is 4.44. The largest absolute Gasteiger partial charge is 0.381 e. The number of anilines is 1. The van der Waals surface area contributed by atoms with E-state index in [9.17, 15) is 8.42 Å². The number of halogens is 1. The summed E-state index contributed by atoms with van der Waals surface area (Å²) in [5.74, 6) is -0.00421. The molecule has 0 saturated carbocycles. The lowest BCUT2D eigenvalue weighted by Gasteiger charge is -2.16. The number of rotatable bonds is 4. The molecule has 0 aliphatic carbocycles. The van der Waals surface area contributed by atoms with Crippen molar-refractivity contribution in [1.82, 2.24) is 14.1 Å². The van der Waals surface area contributed by atoms with Crippen LogP contribution in [0.1, 0.15) is 5.56 Å². The van der Waals surface area contributed by atoms with E-state index < -0.39 is 10.0 Å². The fraction of sp³-hybridized carbons (Fsp3) is 0.250. The minimum atomic E-state index is -3.67. The highest BCUT2D eigenvalue weighted by atomic mass is 35.5. The van der Waals surface area contributed by atoms with Crippen LogP contribution >= 0.6 is 11.6 Å². The quantitative estimate of drug-likeness (QED) is 0.926. The number of benzene rings is 1. The van der Waals surface area contributed by atoms with Gasteiger partial charge in [-0.05, 0) is 17.7 Å². The highest BCUT2D eigenvalue weighted by Gasteiger charge is 2.25. The van der Waals surface area contributed by atoms with E-state index in [1.165, 1.54) is 22.2 Å². The first-order chi connectivity index (χ1) is 9.30. The Labute approximate surface area is 122 Å². The van der Waals surface area contributed by atoms with E-state index in [2.05, 4.69) is 5.10 Å². The van der Waals surface area contributed by atoms with Gasteiger partial charge in [-0.3, -0.25) is 4.68 Å². The Morgan fingerprint density at radius 2 is 1.95 bits per heavy atom. The smallest absolute Gasteiger partial charge is 0.248 e. The molecule has 20 heavy (non-hydrogen) atoms. The molecule has 108 valence electrons. The van der Waals surface area contributed by atoms with Gasteiger partial charge in [-0.25, -0.2) is 8.42 Å². The monoisotopic (exact) mass is 314 g/mol. The number of nitrogens with two attached hydrogens (primary N) is 1. The van der Waals surface area contributed by atoms with E-state index in [-0.39, 0.29) is 17.3 Å². The average Bonchev–Trinajstić information content (AvgIpc) is 2.72. The lowest BCUT2D eigenvalue weighted by atomic mass is 10.2. The number of nitrogen functional groups attached to an aromatic ring is 1. The van der Waals surface area contributed by atoms with Crippen LogP contribution < -0.4 is 5.73 Å². The topological polar surface area (TPSA) is 81.2 Å². The van der Waals surface area contributed by atoms with E-state index in [1.807, 2.05) is 0 Å². The first-order valence-corrected chi connectivity index (χ1v) is 7.62. The summed E-state index contributed by atoms with van der Waals surface area (Å²) in [6, 6.07) is 6.99. The molecule has 0 saturated heterocycles. The van der Waals surface area contributed by atoms with Crippen LogP contribution in [0.4, 0.5) is 5.82 Å². The molecule has 1 aromatic carbocycles. The molecule has 2 rings (SSSR count). The maximum Gasteiger partial charge on any atom is 0.248 e. The Morgan fingerprint density at radius 1 is 1.35 bits per heavy atom. The van der Waals surface area contributed by atoms with Gasteiger partial charge in [0.2, 0.25) is 10.0 Å². The Balaban J connectivity index is 2.25.